The maximum absolute atomic E-state index is 13.1. The third kappa shape index (κ3) is 2.65. The summed E-state index contributed by atoms with van der Waals surface area (Å²) in [6.45, 7) is 7.15. The number of hydrogen-bond acceptors (Lipinski definition) is 3. The first-order chi connectivity index (χ1) is 11.9. The Labute approximate surface area is 152 Å². The Hall–Kier alpha value is -1.89. The summed E-state index contributed by atoms with van der Waals surface area (Å²) < 4.78 is 3.95. The number of imide groups is 1. The number of amidine groups is 1. The summed E-state index contributed by atoms with van der Waals surface area (Å²) in [5, 5.41) is 0. The molecular weight excluding hydrogens is 342 g/mol. The van der Waals surface area contributed by atoms with E-state index in [1.165, 1.54) is 9.80 Å². The Morgan fingerprint density at radius 2 is 1.96 bits per heavy atom. The molecule has 0 N–H and O–H groups in total. The Morgan fingerprint density at radius 3 is 2.60 bits per heavy atom. The van der Waals surface area contributed by atoms with Crippen LogP contribution in [0.25, 0.3) is 0 Å². The van der Waals surface area contributed by atoms with Gasteiger partial charge in [0.15, 0.2) is 0 Å². The lowest BCUT2D eigenvalue weighted by molar-refractivity contribution is -0.684. The van der Waals surface area contributed by atoms with E-state index in [1.807, 2.05) is 23.0 Å². The molecule has 25 heavy (non-hydrogen) atoms. The van der Waals surface area contributed by atoms with Crippen LogP contribution in [0.3, 0.4) is 0 Å². The van der Waals surface area contributed by atoms with Crippen LogP contribution in [0.15, 0.2) is 4.99 Å². The molecule has 3 amide bonds. The lowest BCUT2D eigenvalue weighted by Crippen LogP contribution is -2.57. The number of aliphatic imine (C=N–C) groups is 1. The summed E-state index contributed by atoms with van der Waals surface area (Å²) in [6, 6.07) is -0.852. The first-order valence-corrected chi connectivity index (χ1v) is 9.32. The number of nitrogens with zero attached hydrogens (tertiary/aromatic N) is 5. The van der Waals surface area contributed by atoms with Gasteiger partial charge >= 0.3 is 12.0 Å². The summed E-state index contributed by atoms with van der Waals surface area (Å²) in [7, 11) is 1.69. The minimum atomic E-state index is -0.561. The van der Waals surface area contributed by atoms with Gasteiger partial charge in [-0.25, -0.2) is 13.9 Å². The second-order valence-electron chi connectivity index (χ2n) is 6.59. The van der Waals surface area contributed by atoms with E-state index < -0.39 is 6.04 Å². The number of alkyl halides is 1. The minimum Gasteiger partial charge on any atom is -0.270 e. The van der Waals surface area contributed by atoms with Crippen molar-refractivity contribution >= 4 is 35.3 Å². The highest BCUT2D eigenvalue weighted by atomic mass is 35.5. The average molecular weight is 367 g/mol. The van der Waals surface area contributed by atoms with E-state index in [4.69, 9.17) is 11.6 Å². The number of carbonyl (C=O) groups excluding carboxylic acids is 2. The van der Waals surface area contributed by atoms with Gasteiger partial charge in [-0.2, -0.15) is 0 Å². The molecular formula is C17H25ClN5O2+. The number of imidazole rings is 1. The van der Waals surface area contributed by atoms with Crippen LogP contribution < -0.4 is 4.57 Å². The van der Waals surface area contributed by atoms with Crippen molar-refractivity contribution in [3.05, 3.63) is 11.4 Å². The molecule has 0 bridgehead atoms. The molecule has 2 aliphatic rings. The summed E-state index contributed by atoms with van der Waals surface area (Å²) in [4.78, 5) is 33.2. The molecule has 1 unspecified atom stereocenters. The summed E-state index contributed by atoms with van der Waals surface area (Å²) in [5.74, 6) is 1.47. The van der Waals surface area contributed by atoms with Gasteiger partial charge in [-0.15, -0.1) is 11.6 Å². The molecule has 0 saturated carbocycles. The Morgan fingerprint density at radius 1 is 1.24 bits per heavy atom. The SMILES string of the molecule is CCCCCN1C(=O)C2C(=Nc3n2c(C)c(C)[n+]3CCCl)N(C)C1=O. The number of hydrogen-bond donors (Lipinski definition) is 0. The van der Waals surface area contributed by atoms with Crippen molar-refractivity contribution in [2.75, 3.05) is 19.5 Å². The molecule has 1 atom stereocenters. The molecule has 3 heterocycles. The van der Waals surface area contributed by atoms with Crippen molar-refractivity contribution in [2.45, 2.75) is 52.6 Å². The van der Waals surface area contributed by atoms with Gasteiger partial charge < -0.3 is 0 Å². The molecule has 1 aromatic rings. The van der Waals surface area contributed by atoms with E-state index in [0.29, 0.717) is 30.8 Å². The van der Waals surface area contributed by atoms with Crippen LogP contribution in [0.5, 0.6) is 0 Å². The van der Waals surface area contributed by atoms with Gasteiger partial charge in [0, 0.05) is 13.6 Å². The van der Waals surface area contributed by atoms with Crippen molar-refractivity contribution in [2.24, 2.45) is 4.99 Å². The van der Waals surface area contributed by atoms with Crippen LogP contribution in [-0.4, -0.2) is 51.6 Å². The molecule has 0 aliphatic carbocycles. The highest BCUT2D eigenvalue weighted by Crippen LogP contribution is 2.35. The summed E-state index contributed by atoms with van der Waals surface area (Å²) in [6.07, 6.45) is 2.86. The molecule has 7 nitrogen and oxygen atoms in total. The van der Waals surface area contributed by atoms with E-state index in [9.17, 15) is 9.59 Å². The zero-order chi connectivity index (χ0) is 18.3. The first kappa shape index (κ1) is 17.9. The highest BCUT2D eigenvalue weighted by Gasteiger charge is 2.53. The number of unbranched alkanes of at least 4 members (excludes halogenated alkanes) is 2. The van der Waals surface area contributed by atoms with Gasteiger partial charge in [0.1, 0.15) is 11.4 Å². The van der Waals surface area contributed by atoms with Crippen LogP contribution >= 0.6 is 11.6 Å². The third-order valence-corrected chi connectivity index (χ3v) is 5.29. The predicted molar refractivity (Wildman–Crippen MR) is 95.4 cm³/mol. The molecule has 0 spiro atoms. The molecule has 136 valence electrons. The summed E-state index contributed by atoms with van der Waals surface area (Å²) >= 11 is 5.93. The molecule has 0 radical (unpaired) electrons. The lowest BCUT2D eigenvalue weighted by Gasteiger charge is -2.33. The Kier molecular flexibility index (Phi) is 4.86. The zero-order valence-electron chi connectivity index (χ0n) is 15.3. The van der Waals surface area contributed by atoms with E-state index in [-0.39, 0.29) is 11.9 Å². The number of aromatic nitrogens is 2. The van der Waals surface area contributed by atoms with Crippen LogP contribution in [-0.2, 0) is 11.3 Å². The minimum absolute atomic E-state index is 0.187. The quantitative estimate of drug-likeness (QED) is 0.440. The van der Waals surface area contributed by atoms with E-state index in [1.54, 1.807) is 7.05 Å². The van der Waals surface area contributed by atoms with Gasteiger partial charge in [-0.3, -0.25) is 14.6 Å². The fourth-order valence-corrected chi connectivity index (χ4v) is 3.75. The molecule has 0 aromatic carbocycles. The van der Waals surface area contributed by atoms with E-state index in [0.717, 1.165) is 30.7 Å². The standard InChI is InChI=1S/C17H25ClN5O2/c1-5-6-7-9-22-15(24)13-14(20(4)17(22)25)19-16-21(10-8-18)11(2)12(3)23(13)16/h13H,5-10H2,1-4H3/q+1. The molecule has 3 rings (SSSR count). The lowest BCUT2D eigenvalue weighted by atomic mass is 10.1. The smallest absolute Gasteiger partial charge is 0.270 e. The largest absolute Gasteiger partial charge is 0.402 e. The number of likely N-dealkylation sites (N-methyl/N-ethyl adjacent to an activating group) is 1. The van der Waals surface area contributed by atoms with Crippen molar-refractivity contribution in [1.82, 2.24) is 14.4 Å². The fraction of sp³-hybridized carbons (Fsp3) is 0.647. The maximum atomic E-state index is 13.1. The van der Waals surface area contributed by atoms with E-state index in [2.05, 4.69) is 11.9 Å². The van der Waals surface area contributed by atoms with Crippen LogP contribution in [0.4, 0.5) is 10.7 Å². The number of rotatable bonds is 6. The molecule has 1 fully saturated rings. The van der Waals surface area contributed by atoms with Crippen molar-refractivity contribution in [3.8, 4) is 0 Å². The average Bonchev–Trinajstić information content (AvgIpc) is 3.08. The number of halogens is 1. The van der Waals surface area contributed by atoms with Gasteiger partial charge in [0.2, 0.25) is 11.9 Å². The zero-order valence-corrected chi connectivity index (χ0v) is 16.0. The van der Waals surface area contributed by atoms with E-state index >= 15 is 0 Å². The van der Waals surface area contributed by atoms with Crippen molar-refractivity contribution < 1.29 is 14.2 Å². The van der Waals surface area contributed by atoms with Crippen LogP contribution in [0.1, 0.15) is 43.6 Å². The van der Waals surface area contributed by atoms with Crippen molar-refractivity contribution in [3.63, 3.8) is 0 Å². The van der Waals surface area contributed by atoms with Gasteiger partial charge in [0.05, 0.1) is 12.4 Å². The Balaban J connectivity index is 2.02. The fourth-order valence-electron chi connectivity index (χ4n) is 3.58. The number of fused-ring (bicyclic) bond motifs is 3. The third-order valence-electron chi connectivity index (χ3n) is 5.12. The predicted octanol–water partition coefficient (Wildman–Crippen LogP) is 2.30. The second-order valence-corrected chi connectivity index (χ2v) is 6.97. The van der Waals surface area contributed by atoms with Gasteiger partial charge in [-0.05, 0) is 20.3 Å². The number of amides is 3. The monoisotopic (exact) mass is 366 g/mol. The molecule has 8 heteroatoms. The summed E-state index contributed by atoms with van der Waals surface area (Å²) in [5.41, 5.74) is 2.02. The van der Waals surface area contributed by atoms with Gasteiger partial charge in [0.25, 0.3) is 5.91 Å². The number of urea groups is 1. The molecule has 2 aliphatic heterocycles. The first-order valence-electron chi connectivity index (χ1n) is 8.78. The second kappa shape index (κ2) is 6.78. The molecule has 1 aromatic heterocycles. The Bertz CT molecular complexity index is 755. The highest BCUT2D eigenvalue weighted by molar-refractivity contribution is 6.20. The van der Waals surface area contributed by atoms with Crippen molar-refractivity contribution in [1.29, 1.82) is 0 Å². The van der Waals surface area contributed by atoms with Crippen LogP contribution in [0, 0.1) is 13.8 Å². The molecule has 1 saturated heterocycles. The maximum Gasteiger partial charge on any atom is 0.402 e. The normalized spacial score (nSPS) is 19.4. The van der Waals surface area contributed by atoms with Gasteiger partial charge in [-0.1, -0.05) is 24.8 Å². The van der Waals surface area contributed by atoms with Crippen LogP contribution in [0.2, 0.25) is 0 Å². The topological polar surface area (TPSA) is 61.8 Å². The number of carbonyl (C=O) groups is 2.